The van der Waals surface area contributed by atoms with Gasteiger partial charge in [-0.3, -0.25) is 4.79 Å². The molecule has 0 aliphatic heterocycles. The highest BCUT2D eigenvalue weighted by Crippen LogP contribution is 2.14. The lowest BCUT2D eigenvalue weighted by Gasteiger charge is -2.14. The van der Waals surface area contributed by atoms with Crippen LogP contribution in [-0.4, -0.2) is 28.2 Å². The summed E-state index contributed by atoms with van der Waals surface area (Å²) in [5.74, 6) is -1.76. The molecule has 0 saturated carbocycles. The number of carboxylic acids is 2. The Morgan fingerprint density at radius 1 is 1.16 bits per heavy atom. The lowest BCUT2D eigenvalue weighted by molar-refractivity contribution is -0.144. The average Bonchev–Trinajstić information content (AvgIpc) is 2.29. The maximum Gasteiger partial charge on any atom is 0.326 e. The third kappa shape index (κ3) is 5.42. The molecule has 1 atom stereocenters. The fourth-order valence-electron chi connectivity index (χ4n) is 1.78. The SMILES string of the molecule is CC(C)Cc1ccc(NC(CC(=O)O)C(=O)O)cc1. The molecule has 0 aromatic heterocycles. The van der Waals surface area contributed by atoms with Crippen LogP contribution in [0.15, 0.2) is 24.3 Å². The van der Waals surface area contributed by atoms with Gasteiger partial charge in [-0.2, -0.15) is 0 Å². The minimum atomic E-state index is -1.17. The minimum absolute atomic E-state index is 0.455. The van der Waals surface area contributed by atoms with Crippen LogP contribution in [0.2, 0.25) is 0 Å². The topological polar surface area (TPSA) is 86.6 Å². The van der Waals surface area contributed by atoms with Gasteiger partial charge in [0.05, 0.1) is 6.42 Å². The number of carboxylic acid groups (broad SMARTS) is 2. The van der Waals surface area contributed by atoms with E-state index in [1.165, 1.54) is 5.56 Å². The van der Waals surface area contributed by atoms with Gasteiger partial charge in [0.2, 0.25) is 0 Å². The van der Waals surface area contributed by atoms with Crippen LogP contribution < -0.4 is 5.32 Å². The van der Waals surface area contributed by atoms with Crippen LogP contribution in [0.1, 0.15) is 25.8 Å². The molecule has 5 nitrogen and oxygen atoms in total. The highest BCUT2D eigenvalue weighted by atomic mass is 16.4. The van der Waals surface area contributed by atoms with Crippen LogP contribution in [-0.2, 0) is 16.0 Å². The van der Waals surface area contributed by atoms with Gasteiger partial charge in [0.15, 0.2) is 0 Å². The van der Waals surface area contributed by atoms with Crippen molar-refractivity contribution in [3.63, 3.8) is 0 Å². The molecule has 0 heterocycles. The first-order valence-electron chi connectivity index (χ1n) is 6.18. The second-order valence-corrected chi connectivity index (χ2v) is 4.93. The predicted molar refractivity (Wildman–Crippen MR) is 72.3 cm³/mol. The molecular weight excluding hydrogens is 246 g/mol. The van der Waals surface area contributed by atoms with E-state index in [-0.39, 0.29) is 0 Å². The van der Waals surface area contributed by atoms with Crippen LogP contribution in [0.5, 0.6) is 0 Å². The Kier molecular flexibility index (Phi) is 5.36. The summed E-state index contributed by atoms with van der Waals surface area (Å²) in [6.45, 7) is 4.25. The Bertz CT molecular complexity index is 439. The Hall–Kier alpha value is -2.04. The summed E-state index contributed by atoms with van der Waals surface area (Å²) >= 11 is 0. The maximum atomic E-state index is 10.9. The van der Waals surface area contributed by atoms with E-state index in [4.69, 9.17) is 10.2 Å². The Morgan fingerprint density at radius 3 is 2.16 bits per heavy atom. The zero-order chi connectivity index (χ0) is 14.4. The van der Waals surface area contributed by atoms with Gasteiger partial charge in [-0.25, -0.2) is 4.79 Å². The molecule has 1 unspecified atom stereocenters. The molecule has 0 amide bonds. The normalized spacial score (nSPS) is 12.2. The zero-order valence-corrected chi connectivity index (χ0v) is 11.1. The summed E-state index contributed by atoms with van der Waals surface area (Å²) in [5.41, 5.74) is 1.78. The quantitative estimate of drug-likeness (QED) is 0.703. The number of anilines is 1. The molecule has 104 valence electrons. The van der Waals surface area contributed by atoms with Crippen molar-refractivity contribution in [2.75, 3.05) is 5.32 Å². The van der Waals surface area contributed by atoms with Gasteiger partial charge in [-0.1, -0.05) is 26.0 Å². The summed E-state index contributed by atoms with van der Waals surface area (Å²) in [6, 6.07) is 6.27. The monoisotopic (exact) mass is 265 g/mol. The van der Waals surface area contributed by atoms with Gasteiger partial charge in [0.25, 0.3) is 0 Å². The number of rotatable bonds is 7. The van der Waals surface area contributed by atoms with E-state index >= 15 is 0 Å². The molecule has 1 aromatic carbocycles. The fourth-order valence-corrected chi connectivity index (χ4v) is 1.78. The van der Waals surface area contributed by atoms with Gasteiger partial charge in [0.1, 0.15) is 6.04 Å². The van der Waals surface area contributed by atoms with Gasteiger partial charge in [-0.05, 0) is 30.0 Å². The smallest absolute Gasteiger partial charge is 0.326 e. The third-order valence-corrected chi connectivity index (χ3v) is 2.62. The second kappa shape index (κ2) is 6.78. The van der Waals surface area contributed by atoms with Crippen LogP contribution in [0.3, 0.4) is 0 Å². The first-order valence-corrected chi connectivity index (χ1v) is 6.18. The summed E-state index contributed by atoms with van der Waals surface area (Å²) < 4.78 is 0. The molecule has 1 aromatic rings. The Morgan fingerprint density at radius 2 is 1.74 bits per heavy atom. The van der Waals surface area contributed by atoms with Crippen molar-refractivity contribution in [2.45, 2.75) is 32.7 Å². The molecule has 5 heteroatoms. The molecule has 0 aliphatic rings. The van der Waals surface area contributed by atoms with Gasteiger partial charge >= 0.3 is 11.9 Å². The fraction of sp³-hybridized carbons (Fsp3) is 0.429. The van der Waals surface area contributed by atoms with Gasteiger partial charge < -0.3 is 15.5 Å². The van der Waals surface area contributed by atoms with E-state index in [2.05, 4.69) is 19.2 Å². The molecule has 0 aliphatic carbocycles. The van der Waals surface area contributed by atoms with Crippen molar-refractivity contribution in [3.8, 4) is 0 Å². The molecule has 0 fully saturated rings. The molecular formula is C14H19NO4. The second-order valence-electron chi connectivity index (χ2n) is 4.93. The van der Waals surface area contributed by atoms with Crippen LogP contribution in [0.4, 0.5) is 5.69 Å². The first-order chi connectivity index (χ1) is 8.88. The molecule has 3 N–H and O–H groups in total. The largest absolute Gasteiger partial charge is 0.481 e. The summed E-state index contributed by atoms with van der Waals surface area (Å²) in [6.07, 6.45) is 0.501. The first kappa shape index (κ1) is 15.0. The number of carbonyl (C=O) groups is 2. The Balaban J connectivity index is 2.69. The van der Waals surface area contributed by atoms with Crippen LogP contribution in [0.25, 0.3) is 0 Å². The third-order valence-electron chi connectivity index (χ3n) is 2.62. The molecule has 0 spiro atoms. The van der Waals surface area contributed by atoms with Crippen molar-refractivity contribution in [1.82, 2.24) is 0 Å². The zero-order valence-electron chi connectivity index (χ0n) is 11.1. The highest BCUT2D eigenvalue weighted by Gasteiger charge is 2.20. The van der Waals surface area contributed by atoms with Crippen molar-refractivity contribution in [1.29, 1.82) is 0 Å². The predicted octanol–water partition coefficient (Wildman–Crippen LogP) is 2.22. The maximum absolute atomic E-state index is 10.9. The number of hydrogen-bond acceptors (Lipinski definition) is 3. The lowest BCUT2D eigenvalue weighted by Crippen LogP contribution is -2.31. The van der Waals surface area contributed by atoms with Gasteiger partial charge in [-0.15, -0.1) is 0 Å². The van der Waals surface area contributed by atoms with E-state index in [0.29, 0.717) is 11.6 Å². The number of nitrogens with one attached hydrogen (secondary N) is 1. The molecule has 0 radical (unpaired) electrons. The van der Waals surface area contributed by atoms with Crippen molar-refractivity contribution >= 4 is 17.6 Å². The summed E-state index contributed by atoms with van der Waals surface area (Å²) in [7, 11) is 0. The molecule has 1 rings (SSSR count). The summed E-state index contributed by atoms with van der Waals surface area (Å²) in [5, 5.41) is 20.3. The van der Waals surface area contributed by atoms with Gasteiger partial charge in [0, 0.05) is 5.69 Å². The van der Waals surface area contributed by atoms with E-state index in [9.17, 15) is 9.59 Å². The number of benzene rings is 1. The van der Waals surface area contributed by atoms with E-state index in [0.717, 1.165) is 6.42 Å². The van der Waals surface area contributed by atoms with Crippen molar-refractivity contribution in [2.24, 2.45) is 5.92 Å². The minimum Gasteiger partial charge on any atom is -0.481 e. The lowest BCUT2D eigenvalue weighted by atomic mass is 10.0. The van der Waals surface area contributed by atoms with Crippen LogP contribution in [0, 0.1) is 5.92 Å². The van der Waals surface area contributed by atoms with Crippen LogP contribution >= 0.6 is 0 Å². The standard InChI is InChI=1S/C14H19NO4/c1-9(2)7-10-3-5-11(6-4-10)15-12(14(18)19)8-13(16)17/h3-6,9,12,15H,7-8H2,1-2H3,(H,16,17)(H,18,19). The van der Waals surface area contributed by atoms with E-state index in [1.807, 2.05) is 12.1 Å². The molecule has 0 bridgehead atoms. The summed E-state index contributed by atoms with van der Waals surface area (Å²) in [4.78, 5) is 21.5. The Labute approximate surface area is 112 Å². The van der Waals surface area contributed by atoms with Crippen molar-refractivity contribution < 1.29 is 19.8 Å². The molecule has 19 heavy (non-hydrogen) atoms. The number of hydrogen-bond donors (Lipinski definition) is 3. The van der Waals surface area contributed by atoms with E-state index in [1.54, 1.807) is 12.1 Å². The highest BCUT2D eigenvalue weighted by molar-refractivity contribution is 5.83. The average molecular weight is 265 g/mol. The molecule has 0 saturated heterocycles. The van der Waals surface area contributed by atoms with Crippen molar-refractivity contribution in [3.05, 3.63) is 29.8 Å². The van der Waals surface area contributed by atoms with E-state index < -0.39 is 24.4 Å². The number of aliphatic carboxylic acids is 2.